The van der Waals surface area contributed by atoms with Crippen molar-refractivity contribution in [2.75, 3.05) is 19.0 Å². The standard InChI is InChI=1S/C25H36N3O9PS.H6P4/c1-5-24(2,3)22(32)39-14-13-35-38(34,26-15-17-9-7-6-8-10-17)36-16-25(4)20(31)19(30)21(37-25)28-12-11-18(29)27-23(28)33;1-4(2)3/h6-12,19-21,30-31H,5,13-16H2,1-4H3,(H,26,34)(H,27,29,33);1-3H2/t19-,20+,21-,25-,38?;/m1./s1. The molecule has 8 atom stereocenters. The maximum Gasteiger partial charge on any atom is 0.405 e. The smallest absolute Gasteiger partial charge is 0.387 e. The second kappa shape index (κ2) is 17.5. The number of ether oxygens (including phenoxy) is 1. The van der Waals surface area contributed by atoms with Crippen LogP contribution in [-0.2, 0) is 29.7 Å². The molecule has 1 saturated heterocycles. The van der Waals surface area contributed by atoms with E-state index in [0.717, 1.165) is 34.2 Å². The molecule has 1 aromatic carbocycles. The molecule has 18 heteroatoms. The average Bonchev–Trinajstić information content (AvgIpc) is 3.17. The van der Waals surface area contributed by atoms with Crippen molar-refractivity contribution in [1.29, 1.82) is 0 Å². The molecule has 43 heavy (non-hydrogen) atoms. The molecule has 12 nitrogen and oxygen atoms in total. The zero-order valence-electron chi connectivity index (χ0n) is 24.5. The first kappa shape index (κ1) is 38.8. The lowest BCUT2D eigenvalue weighted by atomic mass is 9.92. The fraction of sp³-hybridized carbons (Fsp3) is 0.560. The molecule has 2 heterocycles. The Balaban J connectivity index is 0.00000151. The summed E-state index contributed by atoms with van der Waals surface area (Å²) in [7, 11) is 3.94. The van der Waals surface area contributed by atoms with Crippen LogP contribution >= 0.6 is 53.3 Å². The number of rotatable bonds is 13. The number of nitrogens with one attached hydrogen (secondary N) is 2. The van der Waals surface area contributed by atoms with E-state index in [2.05, 4.69) is 36.9 Å². The lowest BCUT2D eigenvalue weighted by Gasteiger charge is -2.29. The van der Waals surface area contributed by atoms with Gasteiger partial charge < -0.3 is 14.9 Å². The molecule has 0 amide bonds. The third-order valence-corrected chi connectivity index (χ3v) is 9.33. The number of thioether (sulfide) groups is 1. The Morgan fingerprint density at radius 1 is 1.21 bits per heavy atom. The number of hydrogen-bond acceptors (Lipinski definition) is 10. The minimum Gasteiger partial charge on any atom is -0.387 e. The molecular weight excluding hydrogens is 673 g/mol. The van der Waals surface area contributed by atoms with Gasteiger partial charge in [0.2, 0.25) is 0 Å². The van der Waals surface area contributed by atoms with Crippen LogP contribution in [-0.4, -0.2) is 61.7 Å². The van der Waals surface area contributed by atoms with Crippen LogP contribution in [0.15, 0.2) is 52.2 Å². The number of aromatic nitrogens is 2. The Bertz CT molecular complexity index is 1340. The average molecular weight is 716 g/mol. The molecule has 1 aliphatic heterocycles. The minimum atomic E-state index is -4.00. The number of aliphatic hydroxyl groups excluding tert-OH is 2. The zero-order valence-corrected chi connectivity index (χ0v) is 30.6. The molecule has 0 bridgehead atoms. The highest BCUT2D eigenvalue weighted by molar-refractivity contribution is 8.65. The van der Waals surface area contributed by atoms with Crippen LogP contribution in [0, 0.1) is 5.41 Å². The second-order valence-electron chi connectivity index (χ2n) is 10.5. The van der Waals surface area contributed by atoms with Crippen LogP contribution in [0.1, 0.15) is 45.9 Å². The number of carbonyl (C=O) groups is 1. The Morgan fingerprint density at radius 2 is 1.84 bits per heavy atom. The van der Waals surface area contributed by atoms with Gasteiger partial charge in [0.15, 0.2) is 11.3 Å². The van der Waals surface area contributed by atoms with Crippen LogP contribution in [0.4, 0.5) is 0 Å². The molecule has 0 saturated carbocycles. The topological polar surface area (TPSA) is 169 Å². The molecule has 0 aliphatic carbocycles. The van der Waals surface area contributed by atoms with E-state index < -0.39 is 55.1 Å². The van der Waals surface area contributed by atoms with Crippen molar-refractivity contribution < 1.29 is 33.4 Å². The van der Waals surface area contributed by atoms with Crippen LogP contribution in [0.3, 0.4) is 0 Å². The summed E-state index contributed by atoms with van der Waals surface area (Å²) in [4.78, 5) is 38.1. The van der Waals surface area contributed by atoms with Gasteiger partial charge in [0.25, 0.3) is 5.56 Å². The van der Waals surface area contributed by atoms with E-state index in [4.69, 9.17) is 13.8 Å². The third kappa shape index (κ3) is 12.1. The molecule has 2 aromatic rings. The minimum absolute atomic E-state index is 0.00545. The van der Waals surface area contributed by atoms with Crippen LogP contribution < -0.4 is 16.3 Å². The summed E-state index contributed by atoms with van der Waals surface area (Å²) in [5, 5.41) is 24.1. The van der Waals surface area contributed by atoms with Gasteiger partial charge in [-0.2, -0.15) is 0 Å². The van der Waals surface area contributed by atoms with Crippen molar-refractivity contribution in [2.24, 2.45) is 5.41 Å². The highest BCUT2D eigenvalue weighted by atomic mass is 32.7. The number of benzene rings is 1. The molecule has 242 valence electrons. The zero-order chi connectivity index (χ0) is 32.4. The Morgan fingerprint density at radius 3 is 2.42 bits per heavy atom. The molecule has 4 N–H and O–H groups in total. The van der Waals surface area contributed by atoms with E-state index in [-0.39, 0.29) is 31.0 Å². The van der Waals surface area contributed by atoms with E-state index in [9.17, 15) is 29.2 Å². The summed E-state index contributed by atoms with van der Waals surface area (Å²) in [6, 6.07) is 10.2. The largest absolute Gasteiger partial charge is 0.405 e. The molecule has 4 unspecified atom stereocenters. The monoisotopic (exact) mass is 715 g/mol. The van der Waals surface area contributed by atoms with E-state index in [0.29, 0.717) is 6.42 Å². The number of aliphatic hydroxyl groups is 2. The molecule has 0 radical (unpaired) electrons. The number of aromatic amines is 1. The lowest BCUT2D eigenvalue weighted by Crippen LogP contribution is -2.44. The number of H-pyrrole nitrogens is 1. The first-order chi connectivity index (χ1) is 20.0. The lowest BCUT2D eigenvalue weighted by molar-refractivity contribution is -0.118. The Labute approximate surface area is 263 Å². The van der Waals surface area contributed by atoms with Gasteiger partial charge in [-0.15, -0.1) is 26.8 Å². The van der Waals surface area contributed by atoms with Gasteiger partial charge in [-0.05, 0) is 25.9 Å². The quantitative estimate of drug-likeness (QED) is 0.175. The van der Waals surface area contributed by atoms with E-state index in [1.807, 2.05) is 51.1 Å². The van der Waals surface area contributed by atoms with Gasteiger partial charge in [0.1, 0.15) is 17.8 Å². The highest BCUT2D eigenvalue weighted by Crippen LogP contribution is 2.59. The summed E-state index contributed by atoms with van der Waals surface area (Å²) >= 11 is 1.08. The Kier molecular flexibility index (Phi) is 15.8. The van der Waals surface area contributed by atoms with Crippen molar-refractivity contribution in [2.45, 2.75) is 64.7 Å². The van der Waals surface area contributed by atoms with Crippen molar-refractivity contribution in [3.05, 3.63) is 69.0 Å². The van der Waals surface area contributed by atoms with Gasteiger partial charge in [0.05, 0.1) is 13.2 Å². The summed E-state index contributed by atoms with van der Waals surface area (Å²) in [5.41, 5.74) is -2.73. The van der Waals surface area contributed by atoms with Gasteiger partial charge in [-0.1, -0.05) is 62.9 Å². The maximum atomic E-state index is 13.7. The fourth-order valence-electron chi connectivity index (χ4n) is 3.66. The molecule has 0 spiro atoms. The van der Waals surface area contributed by atoms with Crippen molar-refractivity contribution in [3.8, 4) is 0 Å². The number of hydrogen-bond donors (Lipinski definition) is 4. The van der Waals surface area contributed by atoms with E-state index in [1.165, 1.54) is 6.92 Å². The van der Waals surface area contributed by atoms with Crippen LogP contribution in [0.25, 0.3) is 0 Å². The molecule has 1 fully saturated rings. The normalized spacial score (nSPS) is 23.4. The maximum absolute atomic E-state index is 13.7. The highest BCUT2D eigenvalue weighted by Gasteiger charge is 2.53. The summed E-state index contributed by atoms with van der Waals surface area (Å²) in [5.74, 6) is 0.245. The first-order valence-electron chi connectivity index (χ1n) is 13.3. The van der Waals surface area contributed by atoms with Gasteiger partial charge in [-0.25, -0.2) is 14.4 Å². The van der Waals surface area contributed by atoms with Crippen LogP contribution in [0.5, 0.6) is 0 Å². The number of carbonyl (C=O) groups excluding carboxylic acids is 1. The summed E-state index contributed by atoms with van der Waals surface area (Å²) < 4.78 is 31.7. The van der Waals surface area contributed by atoms with Crippen molar-refractivity contribution in [3.63, 3.8) is 0 Å². The third-order valence-electron chi connectivity index (χ3n) is 6.61. The van der Waals surface area contributed by atoms with E-state index >= 15 is 0 Å². The summed E-state index contributed by atoms with van der Waals surface area (Å²) in [6.07, 6.45) is -2.60. The van der Waals surface area contributed by atoms with Crippen molar-refractivity contribution >= 4 is 58.4 Å². The van der Waals surface area contributed by atoms with Crippen LogP contribution in [0.2, 0.25) is 0 Å². The van der Waals surface area contributed by atoms with Gasteiger partial charge >= 0.3 is 13.4 Å². The predicted octanol–water partition coefficient (Wildman–Crippen LogP) is 4.01. The first-order valence-corrected chi connectivity index (χ1v) is 22.0. The predicted molar refractivity (Wildman–Crippen MR) is 182 cm³/mol. The molecular formula is C25H42N3O9P5S. The molecule has 1 aromatic heterocycles. The van der Waals surface area contributed by atoms with Crippen molar-refractivity contribution in [1.82, 2.24) is 14.6 Å². The summed E-state index contributed by atoms with van der Waals surface area (Å²) in [6.45, 7) is 6.81. The second-order valence-corrected chi connectivity index (χ2v) is 25.0. The fourth-order valence-corrected chi connectivity index (χ4v) is 6.06. The van der Waals surface area contributed by atoms with Gasteiger partial charge in [-0.3, -0.25) is 28.2 Å². The Hall–Kier alpha value is -0.370. The SMILES string of the molecule is CCC(C)(C)C(=O)SCCOP(=O)(NCc1ccccc1)OC[C@@]1(C)O[C@@H](n2ccc(=O)[nH]c2=O)[C@H](O)[C@@H]1O.PP(P)P. The molecule has 3 rings (SSSR count). The number of nitrogens with zero attached hydrogens (tertiary/aromatic N) is 1. The van der Waals surface area contributed by atoms with Gasteiger partial charge in [0, 0.05) is 30.0 Å². The molecule has 1 aliphatic rings. The van der Waals surface area contributed by atoms with E-state index in [1.54, 1.807) is 0 Å².